The minimum atomic E-state index is -4.45. The zero-order valence-corrected chi connectivity index (χ0v) is 19.1. The summed E-state index contributed by atoms with van der Waals surface area (Å²) in [5, 5.41) is 9.59. The van der Waals surface area contributed by atoms with Gasteiger partial charge in [0, 0.05) is 12.7 Å². The normalized spacial score (nSPS) is 11.1. The molecule has 2 aromatic carbocycles. The van der Waals surface area contributed by atoms with E-state index in [1.807, 2.05) is 12.1 Å². The summed E-state index contributed by atoms with van der Waals surface area (Å²) < 4.78 is 44.7. The van der Waals surface area contributed by atoms with Crippen molar-refractivity contribution in [3.8, 4) is 5.75 Å². The Labute approximate surface area is 196 Å². The van der Waals surface area contributed by atoms with Gasteiger partial charge in [-0.15, -0.1) is 12.4 Å². The van der Waals surface area contributed by atoms with Crippen molar-refractivity contribution in [3.05, 3.63) is 58.1 Å². The predicted molar refractivity (Wildman–Crippen MR) is 123 cm³/mol. The van der Waals surface area contributed by atoms with Crippen LogP contribution in [0.4, 0.5) is 36.7 Å². The second kappa shape index (κ2) is 11.0. The lowest BCUT2D eigenvalue weighted by atomic mass is 10.2. The molecule has 0 atom stereocenters. The second-order valence-electron chi connectivity index (χ2n) is 6.02. The van der Waals surface area contributed by atoms with Crippen molar-refractivity contribution in [3.63, 3.8) is 0 Å². The van der Waals surface area contributed by atoms with Crippen LogP contribution in [0.5, 0.6) is 5.75 Å². The Balaban J connectivity index is 0.00000363. The van der Waals surface area contributed by atoms with Crippen LogP contribution in [0.2, 0.25) is 0 Å². The number of nitrogens with zero attached hydrogens (tertiary/aromatic N) is 4. The van der Waals surface area contributed by atoms with Gasteiger partial charge in [-0.2, -0.15) is 33.2 Å². The third-order valence-corrected chi connectivity index (χ3v) is 4.48. The van der Waals surface area contributed by atoms with E-state index < -0.39 is 11.7 Å². The van der Waals surface area contributed by atoms with Crippen molar-refractivity contribution in [1.82, 2.24) is 15.0 Å². The van der Waals surface area contributed by atoms with Crippen LogP contribution in [-0.2, 0) is 6.18 Å². The van der Waals surface area contributed by atoms with Crippen molar-refractivity contribution in [2.45, 2.75) is 6.18 Å². The zero-order chi connectivity index (χ0) is 22.4. The Bertz CT molecular complexity index is 1100. The second-order valence-corrected chi connectivity index (χ2v) is 6.88. The number of nitrogens with one attached hydrogen (secondary N) is 3. The molecule has 0 bridgehead atoms. The van der Waals surface area contributed by atoms with E-state index in [-0.39, 0.29) is 35.9 Å². The molecule has 0 aliphatic heterocycles. The summed E-state index contributed by atoms with van der Waals surface area (Å²) in [4.78, 5) is 12.4. The van der Waals surface area contributed by atoms with E-state index in [1.54, 1.807) is 26.4 Å². The number of rotatable bonds is 7. The van der Waals surface area contributed by atoms with Gasteiger partial charge in [-0.3, -0.25) is 0 Å². The number of methoxy groups -OCH3 is 1. The fraction of sp³-hybridized carbons (Fsp3) is 0.158. The van der Waals surface area contributed by atoms with E-state index >= 15 is 0 Å². The maximum atomic E-state index is 12.9. The molecule has 3 N–H and O–H groups in total. The Kier molecular flexibility index (Phi) is 8.61. The van der Waals surface area contributed by atoms with Crippen LogP contribution in [-0.4, -0.2) is 35.3 Å². The van der Waals surface area contributed by atoms with Crippen LogP contribution in [0.25, 0.3) is 0 Å². The Morgan fingerprint density at radius 2 is 1.75 bits per heavy atom. The molecule has 8 nitrogen and oxygen atoms in total. The lowest BCUT2D eigenvalue weighted by Crippen LogP contribution is -2.08. The molecule has 0 unspecified atom stereocenters. The van der Waals surface area contributed by atoms with E-state index in [2.05, 4.69) is 52.0 Å². The molecule has 32 heavy (non-hydrogen) atoms. The van der Waals surface area contributed by atoms with Gasteiger partial charge in [0.1, 0.15) is 5.75 Å². The summed E-state index contributed by atoms with van der Waals surface area (Å²) >= 11 is 3.39. The van der Waals surface area contributed by atoms with Gasteiger partial charge in [-0.25, -0.2) is 5.43 Å². The maximum absolute atomic E-state index is 12.9. The van der Waals surface area contributed by atoms with Gasteiger partial charge in [0.15, 0.2) is 0 Å². The number of halogens is 5. The summed E-state index contributed by atoms with van der Waals surface area (Å²) in [7, 11) is 3.17. The molecule has 3 aromatic rings. The van der Waals surface area contributed by atoms with Gasteiger partial charge in [0.2, 0.25) is 17.8 Å². The molecule has 13 heteroatoms. The average molecular weight is 533 g/mol. The summed E-state index contributed by atoms with van der Waals surface area (Å²) in [6, 6.07) is 10.1. The van der Waals surface area contributed by atoms with E-state index in [1.165, 1.54) is 12.1 Å². The van der Waals surface area contributed by atoms with Crippen LogP contribution in [0, 0.1) is 0 Å². The highest BCUT2D eigenvalue weighted by Gasteiger charge is 2.30. The molecule has 1 aromatic heterocycles. The molecular weight excluding hydrogens is 515 g/mol. The summed E-state index contributed by atoms with van der Waals surface area (Å²) in [5.74, 6) is 1.03. The van der Waals surface area contributed by atoms with Crippen LogP contribution in [0.3, 0.4) is 0 Å². The van der Waals surface area contributed by atoms with Gasteiger partial charge < -0.3 is 15.4 Å². The van der Waals surface area contributed by atoms with Gasteiger partial charge >= 0.3 is 6.18 Å². The molecule has 170 valence electrons. The number of hydrogen-bond acceptors (Lipinski definition) is 8. The van der Waals surface area contributed by atoms with Crippen molar-refractivity contribution >= 4 is 58.1 Å². The van der Waals surface area contributed by atoms with E-state index in [0.29, 0.717) is 5.75 Å². The number of anilines is 4. The fourth-order valence-electron chi connectivity index (χ4n) is 2.42. The molecule has 0 amide bonds. The number of aromatic nitrogens is 3. The Morgan fingerprint density at radius 1 is 1.03 bits per heavy atom. The number of hydrazone groups is 1. The summed E-state index contributed by atoms with van der Waals surface area (Å²) in [5.41, 5.74) is 2.86. The van der Waals surface area contributed by atoms with Gasteiger partial charge in [0.05, 0.1) is 23.4 Å². The summed E-state index contributed by atoms with van der Waals surface area (Å²) in [6.07, 6.45) is -2.91. The SMILES string of the molecule is CNc1nc(N/N=C\c2ccc(OC)c(Br)c2)nc(Nc2cccc(C(F)(F)F)c2)n1.Cl. The molecule has 0 spiro atoms. The van der Waals surface area contributed by atoms with Crippen molar-refractivity contribution in [2.75, 3.05) is 30.2 Å². The van der Waals surface area contributed by atoms with Crippen LogP contribution in [0.1, 0.15) is 11.1 Å². The number of hydrogen-bond donors (Lipinski definition) is 3. The molecular formula is C19H18BrClF3N7O. The van der Waals surface area contributed by atoms with E-state index in [9.17, 15) is 13.2 Å². The minimum absolute atomic E-state index is 0. The van der Waals surface area contributed by atoms with E-state index in [0.717, 1.165) is 22.2 Å². The molecule has 0 aliphatic rings. The standard InChI is InChI=1S/C19H17BrF3N7O.ClH/c1-24-16-27-17(26-13-5-3-4-12(9-13)19(21,22)23)29-18(28-16)30-25-10-11-6-7-15(31-2)14(20)8-11;/h3-10H,1-2H3,(H3,24,26,27,28,29,30);1H/b25-10-;. The largest absolute Gasteiger partial charge is 0.496 e. The lowest BCUT2D eigenvalue weighted by Gasteiger charge is -2.11. The van der Waals surface area contributed by atoms with Gasteiger partial charge in [0.25, 0.3) is 0 Å². The first-order valence-electron chi connectivity index (χ1n) is 8.79. The molecule has 0 aliphatic carbocycles. The van der Waals surface area contributed by atoms with Gasteiger partial charge in [-0.05, 0) is 57.9 Å². The van der Waals surface area contributed by atoms with Crippen LogP contribution < -0.4 is 20.8 Å². The molecule has 3 rings (SSSR count). The Hall–Kier alpha value is -3.12. The highest BCUT2D eigenvalue weighted by Crippen LogP contribution is 2.31. The molecule has 0 saturated heterocycles. The number of benzene rings is 2. The Morgan fingerprint density at radius 3 is 2.41 bits per heavy atom. The number of alkyl halides is 3. The number of ether oxygens (including phenoxy) is 1. The van der Waals surface area contributed by atoms with Gasteiger partial charge in [-0.1, -0.05) is 6.07 Å². The first kappa shape index (κ1) is 25.1. The maximum Gasteiger partial charge on any atom is 0.416 e. The smallest absolute Gasteiger partial charge is 0.416 e. The first-order chi connectivity index (χ1) is 14.8. The third-order valence-electron chi connectivity index (χ3n) is 3.86. The van der Waals surface area contributed by atoms with Crippen molar-refractivity contribution in [2.24, 2.45) is 5.10 Å². The van der Waals surface area contributed by atoms with Crippen molar-refractivity contribution < 1.29 is 17.9 Å². The van der Waals surface area contributed by atoms with Crippen LogP contribution in [0.15, 0.2) is 52.0 Å². The molecule has 0 fully saturated rings. The monoisotopic (exact) mass is 531 g/mol. The minimum Gasteiger partial charge on any atom is -0.496 e. The zero-order valence-electron chi connectivity index (χ0n) is 16.7. The predicted octanol–water partition coefficient (Wildman–Crippen LogP) is 5.31. The average Bonchev–Trinajstić information content (AvgIpc) is 2.73. The first-order valence-corrected chi connectivity index (χ1v) is 9.58. The molecule has 0 saturated carbocycles. The third kappa shape index (κ3) is 6.69. The highest BCUT2D eigenvalue weighted by molar-refractivity contribution is 9.10. The summed E-state index contributed by atoms with van der Waals surface area (Å²) in [6.45, 7) is 0. The quantitative estimate of drug-likeness (QED) is 0.280. The fourth-order valence-corrected chi connectivity index (χ4v) is 2.98. The van der Waals surface area contributed by atoms with E-state index in [4.69, 9.17) is 4.74 Å². The topological polar surface area (TPSA) is 96.4 Å². The highest BCUT2D eigenvalue weighted by atomic mass is 79.9. The van der Waals surface area contributed by atoms with Crippen LogP contribution >= 0.6 is 28.3 Å². The molecule has 0 radical (unpaired) electrons. The lowest BCUT2D eigenvalue weighted by molar-refractivity contribution is -0.137. The van der Waals surface area contributed by atoms with Crippen molar-refractivity contribution in [1.29, 1.82) is 0 Å². The molecule has 1 heterocycles.